The van der Waals surface area contributed by atoms with Gasteiger partial charge < -0.3 is 20.4 Å². The quantitative estimate of drug-likeness (QED) is 0.0866. The number of aromatic amines is 2. The van der Waals surface area contributed by atoms with Crippen LogP contribution in [0.25, 0.3) is 43.6 Å². The standard InChI is InChI=1S/C23H22Cl2N6O/c1-12(26)30-31(27)7-2-8-32-23-21-17(15-9-13(24)3-5-19(15)28-21)11-18-16-10-14(25)4-6-20(16)29-22(18)23/h3-6,9-11,28-29H,2,7-8,27H2,1H3,(H2,26,30). The molecule has 5 rings (SSSR count). The molecular weight excluding hydrogens is 447 g/mol. The molecule has 32 heavy (non-hydrogen) atoms. The van der Waals surface area contributed by atoms with Crippen LogP contribution in [0, 0.1) is 0 Å². The lowest BCUT2D eigenvalue weighted by Gasteiger charge is -2.14. The molecule has 0 aliphatic rings. The summed E-state index contributed by atoms with van der Waals surface area (Å²) in [7, 11) is 0. The van der Waals surface area contributed by atoms with Crippen molar-refractivity contribution in [3.63, 3.8) is 0 Å². The molecule has 0 fully saturated rings. The zero-order valence-electron chi connectivity index (χ0n) is 17.4. The molecule has 5 aromatic rings. The van der Waals surface area contributed by atoms with Gasteiger partial charge in [0.25, 0.3) is 0 Å². The average molecular weight is 469 g/mol. The summed E-state index contributed by atoms with van der Waals surface area (Å²) in [5, 5.41) is 10.8. The Bertz CT molecular complexity index is 1400. The van der Waals surface area contributed by atoms with E-state index in [-0.39, 0.29) is 0 Å². The summed E-state index contributed by atoms with van der Waals surface area (Å²) < 4.78 is 6.32. The van der Waals surface area contributed by atoms with Crippen LogP contribution in [0.4, 0.5) is 0 Å². The first-order chi connectivity index (χ1) is 15.4. The van der Waals surface area contributed by atoms with Gasteiger partial charge >= 0.3 is 0 Å². The second-order valence-corrected chi connectivity index (χ2v) is 8.66. The van der Waals surface area contributed by atoms with Crippen LogP contribution in [0.3, 0.4) is 0 Å². The number of nitrogens with zero attached hydrogens (tertiary/aromatic N) is 2. The average Bonchev–Trinajstić information content (AvgIpc) is 3.28. The number of nitrogens with one attached hydrogen (secondary N) is 2. The summed E-state index contributed by atoms with van der Waals surface area (Å²) >= 11 is 12.6. The third kappa shape index (κ3) is 3.68. The van der Waals surface area contributed by atoms with Crippen molar-refractivity contribution in [2.75, 3.05) is 13.2 Å². The second kappa shape index (κ2) is 8.09. The maximum Gasteiger partial charge on any atom is 0.167 e. The predicted octanol–water partition coefficient (Wildman–Crippen LogP) is 5.50. The van der Waals surface area contributed by atoms with E-state index in [9.17, 15) is 0 Å². The van der Waals surface area contributed by atoms with Crippen LogP contribution in [0.5, 0.6) is 5.75 Å². The molecule has 7 nitrogen and oxygen atoms in total. The first-order valence-electron chi connectivity index (χ1n) is 10.2. The minimum Gasteiger partial charge on any atom is -0.489 e. The number of halogens is 2. The maximum atomic E-state index is 6.32. The van der Waals surface area contributed by atoms with Crippen LogP contribution in [0.1, 0.15) is 13.3 Å². The van der Waals surface area contributed by atoms with E-state index in [0.717, 1.165) is 49.4 Å². The lowest BCUT2D eigenvalue weighted by atomic mass is 10.1. The van der Waals surface area contributed by atoms with Gasteiger partial charge in [0.2, 0.25) is 0 Å². The van der Waals surface area contributed by atoms with E-state index in [4.69, 9.17) is 39.5 Å². The summed E-state index contributed by atoms with van der Waals surface area (Å²) in [4.78, 5) is 6.99. The number of rotatable bonds is 6. The van der Waals surface area contributed by atoms with Crippen molar-refractivity contribution in [3.8, 4) is 5.75 Å². The van der Waals surface area contributed by atoms with Gasteiger partial charge in [0.1, 0.15) is 5.84 Å². The molecule has 0 unspecified atom stereocenters. The van der Waals surface area contributed by atoms with Crippen LogP contribution in [0.15, 0.2) is 47.6 Å². The summed E-state index contributed by atoms with van der Waals surface area (Å²) in [6, 6.07) is 13.8. The van der Waals surface area contributed by atoms with Gasteiger partial charge in [0.05, 0.1) is 24.2 Å². The normalized spacial score (nSPS) is 12.4. The number of fused-ring (bicyclic) bond motifs is 6. The van der Waals surface area contributed by atoms with E-state index in [1.54, 1.807) is 6.92 Å². The third-order valence-corrected chi connectivity index (χ3v) is 5.88. The number of hydrogen-bond acceptors (Lipinski definition) is 4. The predicted molar refractivity (Wildman–Crippen MR) is 133 cm³/mol. The molecule has 0 atom stereocenters. The van der Waals surface area contributed by atoms with Crippen molar-refractivity contribution in [1.82, 2.24) is 15.1 Å². The number of hydrazine groups is 1. The van der Waals surface area contributed by atoms with Crippen LogP contribution in [-0.2, 0) is 0 Å². The zero-order chi connectivity index (χ0) is 22.4. The van der Waals surface area contributed by atoms with E-state index in [0.29, 0.717) is 35.5 Å². The molecule has 0 saturated heterocycles. The van der Waals surface area contributed by atoms with Crippen molar-refractivity contribution in [2.45, 2.75) is 13.3 Å². The Hall–Kier alpha value is -3.13. The van der Waals surface area contributed by atoms with Crippen LogP contribution < -0.4 is 16.3 Å². The van der Waals surface area contributed by atoms with Crippen molar-refractivity contribution < 1.29 is 4.74 Å². The van der Waals surface area contributed by atoms with E-state index in [1.165, 1.54) is 5.12 Å². The number of H-pyrrole nitrogens is 2. The van der Waals surface area contributed by atoms with Gasteiger partial charge in [-0.1, -0.05) is 23.2 Å². The maximum absolute atomic E-state index is 6.32. The van der Waals surface area contributed by atoms with Gasteiger partial charge in [-0.25, -0.2) is 11.0 Å². The molecule has 0 amide bonds. The first kappa shape index (κ1) is 20.8. The van der Waals surface area contributed by atoms with Crippen LogP contribution in [-0.4, -0.2) is 34.1 Å². The topological polar surface area (TPSA) is 108 Å². The summed E-state index contributed by atoms with van der Waals surface area (Å²) in [5.41, 5.74) is 9.38. The van der Waals surface area contributed by atoms with Gasteiger partial charge in [-0.15, -0.1) is 5.10 Å². The zero-order valence-corrected chi connectivity index (χ0v) is 18.9. The van der Waals surface area contributed by atoms with Crippen LogP contribution in [0.2, 0.25) is 10.0 Å². The monoisotopic (exact) mass is 468 g/mol. The molecule has 0 aliphatic heterocycles. The van der Waals surface area contributed by atoms with Gasteiger partial charge in [-0.3, -0.25) is 0 Å². The number of benzene rings is 3. The van der Waals surface area contributed by atoms with E-state index in [1.807, 2.05) is 36.4 Å². The van der Waals surface area contributed by atoms with E-state index < -0.39 is 0 Å². The smallest absolute Gasteiger partial charge is 0.167 e. The molecule has 164 valence electrons. The van der Waals surface area contributed by atoms with Gasteiger partial charge in [0.15, 0.2) is 5.75 Å². The largest absolute Gasteiger partial charge is 0.489 e. The Labute approximate surface area is 193 Å². The Morgan fingerprint density at radius 2 is 1.50 bits per heavy atom. The van der Waals surface area contributed by atoms with Gasteiger partial charge in [-0.2, -0.15) is 0 Å². The Morgan fingerprint density at radius 3 is 2.03 bits per heavy atom. The highest BCUT2D eigenvalue weighted by Gasteiger charge is 2.18. The highest BCUT2D eigenvalue weighted by atomic mass is 35.5. The van der Waals surface area contributed by atoms with Crippen molar-refractivity contribution >= 4 is 72.6 Å². The van der Waals surface area contributed by atoms with E-state index in [2.05, 4.69) is 21.1 Å². The molecule has 2 aromatic heterocycles. The molecule has 9 heteroatoms. The highest BCUT2D eigenvalue weighted by Crippen LogP contribution is 2.41. The number of nitrogens with two attached hydrogens (primary N) is 2. The Balaban J connectivity index is 1.63. The number of hydrazone groups is 1. The fraction of sp³-hybridized carbons (Fsp3) is 0.174. The Kier molecular flexibility index (Phi) is 5.25. The Morgan fingerprint density at radius 1 is 0.938 bits per heavy atom. The fourth-order valence-corrected chi connectivity index (χ4v) is 4.44. The van der Waals surface area contributed by atoms with E-state index >= 15 is 0 Å². The molecule has 3 aromatic carbocycles. The van der Waals surface area contributed by atoms with Crippen molar-refractivity contribution in [2.24, 2.45) is 16.7 Å². The van der Waals surface area contributed by atoms with Crippen LogP contribution >= 0.6 is 23.2 Å². The molecule has 0 aliphatic carbocycles. The SMILES string of the molecule is CC(N)=NN(N)CCCOc1c2[nH]c3ccc(Cl)cc3c2cc2c1[nH]c1ccc(Cl)cc12. The summed E-state index contributed by atoms with van der Waals surface area (Å²) in [5.74, 6) is 7.00. The molecule has 0 radical (unpaired) electrons. The number of hydrogen-bond donors (Lipinski definition) is 4. The second-order valence-electron chi connectivity index (χ2n) is 7.79. The number of amidine groups is 1. The van der Waals surface area contributed by atoms with Gasteiger partial charge in [-0.05, 0) is 49.4 Å². The number of aromatic nitrogens is 2. The third-order valence-electron chi connectivity index (χ3n) is 5.41. The molecule has 2 heterocycles. The lowest BCUT2D eigenvalue weighted by Crippen LogP contribution is -2.30. The molecular formula is C23H22Cl2N6O. The lowest BCUT2D eigenvalue weighted by molar-refractivity contribution is 0.247. The minimum atomic E-state index is 0.411. The highest BCUT2D eigenvalue weighted by molar-refractivity contribution is 6.33. The molecule has 0 bridgehead atoms. The summed E-state index contributed by atoms with van der Waals surface area (Å²) in [6.45, 7) is 2.66. The van der Waals surface area contributed by atoms with Gasteiger partial charge in [0, 0.05) is 49.0 Å². The van der Waals surface area contributed by atoms with Crippen molar-refractivity contribution in [1.29, 1.82) is 0 Å². The first-order valence-corrected chi connectivity index (χ1v) is 11.0. The molecule has 6 N–H and O–H groups in total. The fourth-order valence-electron chi connectivity index (χ4n) is 4.10. The minimum absolute atomic E-state index is 0.411. The summed E-state index contributed by atoms with van der Waals surface area (Å²) in [6.07, 6.45) is 0.670. The molecule has 0 saturated carbocycles. The number of ether oxygens (including phenoxy) is 1. The molecule has 0 spiro atoms. The van der Waals surface area contributed by atoms with Crippen molar-refractivity contribution in [3.05, 3.63) is 52.5 Å².